The first-order valence-corrected chi connectivity index (χ1v) is 4.82. The molecule has 0 bridgehead atoms. The molecule has 1 unspecified atom stereocenters. The minimum atomic E-state index is -0.171. The molecule has 1 aromatic carbocycles. The minimum absolute atomic E-state index is 0.0202. The summed E-state index contributed by atoms with van der Waals surface area (Å²) >= 11 is 0. The molecule has 14 heavy (non-hydrogen) atoms. The second kappa shape index (κ2) is 4.55. The summed E-state index contributed by atoms with van der Waals surface area (Å²) < 4.78 is 0. The maximum absolute atomic E-state index is 5.93. The Morgan fingerprint density at radius 1 is 1.14 bits per heavy atom. The first-order chi connectivity index (χ1) is 6.49. The van der Waals surface area contributed by atoms with Gasteiger partial charge in [-0.15, -0.1) is 0 Å². The third-order valence-corrected chi connectivity index (χ3v) is 1.76. The quantitative estimate of drug-likeness (QED) is 0.504. The van der Waals surface area contributed by atoms with E-state index in [-0.39, 0.29) is 11.7 Å². The van der Waals surface area contributed by atoms with Crippen molar-refractivity contribution in [2.45, 2.75) is 32.5 Å². The van der Waals surface area contributed by atoms with Crippen LogP contribution in [0.15, 0.2) is 30.3 Å². The number of hydrogen-bond acceptors (Lipinski definition) is 3. The summed E-state index contributed by atoms with van der Waals surface area (Å²) in [5.41, 5.74) is 13.2. The number of benzene rings is 1. The van der Waals surface area contributed by atoms with Gasteiger partial charge in [0.1, 0.15) is 0 Å². The number of rotatable bonds is 3. The van der Waals surface area contributed by atoms with Crippen molar-refractivity contribution in [1.29, 1.82) is 0 Å². The Balaban J connectivity index is 2.48. The van der Waals surface area contributed by atoms with Gasteiger partial charge in [-0.1, -0.05) is 30.3 Å². The maximum Gasteiger partial charge on any atom is 0.0938 e. The second-order valence-corrected chi connectivity index (χ2v) is 4.41. The molecule has 4 N–H and O–H groups in total. The van der Waals surface area contributed by atoms with Gasteiger partial charge in [-0.3, -0.25) is 5.43 Å². The van der Waals surface area contributed by atoms with Crippen LogP contribution in [0.5, 0.6) is 0 Å². The normalized spacial score (nSPS) is 14.0. The van der Waals surface area contributed by atoms with Crippen LogP contribution < -0.4 is 16.6 Å². The van der Waals surface area contributed by atoms with Crippen molar-refractivity contribution in [2.24, 2.45) is 5.73 Å². The van der Waals surface area contributed by atoms with E-state index < -0.39 is 0 Å². The number of hydrogen-bond donors (Lipinski definition) is 3. The van der Waals surface area contributed by atoms with Crippen molar-refractivity contribution in [3.8, 4) is 0 Å². The zero-order chi connectivity index (χ0) is 10.6. The van der Waals surface area contributed by atoms with E-state index in [0.717, 1.165) is 5.56 Å². The van der Waals surface area contributed by atoms with E-state index in [9.17, 15) is 0 Å². The highest BCUT2D eigenvalue weighted by Crippen LogP contribution is 2.06. The molecule has 0 saturated carbocycles. The highest BCUT2D eigenvalue weighted by Gasteiger charge is 2.11. The molecule has 0 aromatic heterocycles. The summed E-state index contributed by atoms with van der Waals surface area (Å²) in [4.78, 5) is 0. The van der Waals surface area contributed by atoms with Gasteiger partial charge >= 0.3 is 0 Å². The van der Waals surface area contributed by atoms with E-state index in [2.05, 4.69) is 31.6 Å². The van der Waals surface area contributed by atoms with Gasteiger partial charge in [-0.25, -0.2) is 5.43 Å². The molecule has 0 aliphatic carbocycles. The standard InChI is InChI=1S/C11H19N3/c1-11(2,3)14-13-10(12)9-7-5-4-6-8-9/h4-8,10,13-14H,12H2,1-3H3. The molecule has 78 valence electrons. The van der Waals surface area contributed by atoms with Crippen LogP contribution in [0.1, 0.15) is 32.5 Å². The van der Waals surface area contributed by atoms with Crippen molar-refractivity contribution >= 4 is 0 Å². The van der Waals surface area contributed by atoms with Gasteiger partial charge in [0, 0.05) is 5.54 Å². The van der Waals surface area contributed by atoms with Crippen LogP contribution in [0.25, 0.3) is 0 Å². The van der Waals surface area contributed by atoms with Gasteiger partial charge in [0.2, 0.25) is 0 Å². The Morgan fingerprint density at radius 3 is 2.21 bits per heavy atom. The molecule has 0 saturated heterocycles. The van der Waals surface area contributed by atoms with Crippen LogP contribution in [-0.2, 0) is 0 Å². The van der Waals surface area contributed by atoms with E-state index >= 15 is 0 Å². The van der Waals surface area contributed by atoms with Crippen molar-refractivity contribution in [3.63, 3.8) is 0 Å². The van der Waals surface area contributed by atoms with Gasteiger partial charge in [0.15, 0.2) is 0 Å². The summed E-state index contributed by atoms with van der Waals surface area (Å²) in [5.74, 6) is 0. The number of nitrogens with two attached hydrogens (primary N) is 1. The smallest absolute Gasteiger partial charge is 0.0938 e. The first kappa shape index (κ1) is 11.2. The molecule has 0 aliphatic heterocycles. The van der Waals surface area contributed by atoms with Crippen molar-refractivity contribution in [1.82, 2.24) is 10.9 Å². The lowest BCUT2D eigenvalue weighted by Gasteiger charge is -2.24. The second-order valence-electron chi connectivity index (χ2n) is 4.41. The van der Waals surface area contributed by atoms with E-state index in [1.807, 2.05) is 30.3 Å². The van der Waals surface area contributed by atoms with Gasteiger partial charge in [-0.05, 0) is 26.3 Å². The fourth-order valence-corrected chi connectivity index (χ4v) is 1.04. The van der Waals surface area contributed by atoms with Gasteiger partial charge in [-0.2, -0.15) is 0 Å². The molecule has 1 aromatic rings. The lowest BCUT2D eigenvalue weighted by Crippen LogP contribution is -2.49. The predicted molar refractivity (Wildman–Crippen MR) is 59.4 cm³/mol. The van der Waals surface area contributed by atoms with Crippen LogP contribution in [-0.4, -0.2) is 5.54 Å². The highest BCUT2D eigenvalue weighted by atomic mass is 15.4. The zero-order valence-corrected chi connectivity index (χ0v) is 9.04. The average molecular weight is 193 g/mol. The molecule has 0 radical (unpaired) electrons. The molecular weight excluding hydrogens is 174 g/mol. The molecule has 0 heterocycles. The third kappa shape index (κ3) is 3.87. The van der Waals surface area contributed by atoms with E-state index in [0.29, 0.717) is 0 Å². The summed E-state index contributed by atoms with van der Waals surface area (Å²) in [7, 11) is 0. The monoisotopic (exact) mass is 193 g/mol. The highest BCUT2D eigenvalue weighted by molar-refractivity contribution is 5.17. The van der Waals surface area contributed by atoms with Gasteiger partial charge < -0.3 is 5.73 Å². The molecule has 3 nitrogen and oxygen atoms in total. The Bertz CT molecular complexity index is 264. The summed E-state index contributed by atoms with van der Waals surface area (Å²) in [6.45, 7) is 6.24. The fourth-order valence-electron chi connectivity index (χ4n) is 1.04. The minimum Gasteiger partial charge on any atom is -0.311 e. The van der Waals surface area contributed by atoms with Gasteiger partial charge in [0.25, 0.3) is 0 Å². The maximum atomic E-state index is 5.93. The molecule has 3 heteroatoms. The Morgan fingerprint density at radius 2 is 1.71 bits per heavy atom. The van der Waals surface area contributed by atoms with Crippen molar-refractivity contribution in [3.05, 3.63) is 35.9 Å². The molecule has 0 aliphatic rings. The molecule has 0 amide bonds. The topological polar surface area (TPSA) is 50.1 Å². The lowest BCUT2D eigenvalue weighted by atomic mass is 10.1. The Hall–Kier alpha value is -0.900. The van der Waals surface area contributed by atoms with Crippen LogP contribution in [0.4, 0.5) is 0 Å². The number of hydrazine groups is 1. The largest absolute Gasteiger partial charge is 0.311 e. The van der Waals surface area contributed by atoms with Crippen LogP contribution in [0.3, 0.4) is 0 Å². The predicted octanol–water partition coefficient (Wildman–Crippen LogP) is 1.54. The van der Waals surface area contributed by atoms with E-state index in [4.69, 9.17) is 5.73 Å². The van der Waals surface area contributed by atoms with E-state index in [1.54, 1.807) is 0 Å². The molecule has 1 rings (SSSR count). The summed E-state index contributed by atoms with van der Waals surface area (Å²) in [6, 6.07) is 9.94. The molecule has 0 fully saturated rings. The SMILES string of the molecule is CC(C)(C)NNC(N)c1ccccc1. The number of nitrogens with one attached hydrogen (secondary N) is 2. The first-order valence-electron chi connectivity index (χ1n) is 4.82. The summed E-state index contributed by atoms with van der Waals surface area (Å²) in [5, 5.41) is 0. The van der Waals surface area contributed by atoms with Crippen molar-refractivity contribution < 1.29 is 0 Å². The average Bonchev–Trinajstić information content (AvgIpc) is 2.14. The lowest BCUT2D eigenvalue weighted by molar-refractivity contribution is 0.322. The molecule has 0 spiro atoms. The summed E-state index contributed by atoms with van der Waals surface area (Å²) in [6.07, 6.45) is -0.171. The third-order valence-electron chi connectivity index (χ3n) is 1.76. The van der Waals surface area contributed by atoms with Crippen LogP contribution in [0.2, 0.25) is 0 Å². The molecular formula is C11H19N3. The Labute approximate surface area is 85.7 Å². The zero-order valence-electron chi connectivity index (χ0n) is 9.04. The fraction of sp³-hybridized carbons (Fsp3) is 0.455. The van der Waals surface area contributed by atoms with Gasteiger partial charge in [0.05, 0.1) is 6.17 Å². The molecule has 1 atom stereocenters. The Kier molecular flexibility index (Phi) is 3.63. The van der Waals surface area contributed by atoms with Crippen molar-refractivity contribution in [2.75, 3.05) is 0 Å². The van der Waals surface area contributed by atoms with Crippen LogP contribution in [0, 0.1) is 0 Å². The van der Waals surface area contributed by atoms with Crippen LogP contribution >= 0.6 is 0 Å². The van der Waals surface area contributed by atoms with E-state index in [1.165, 1.54) is 0 Å².